The van der Waals surface area contributed by atoms with Crippen molar-refractivity contribution in [2.24, 2.45) is 11.1 Å². The van der Waals surface area contributed by atoms with Crippen molar-refractivity contribution in [1.82, 2.24) is 14.9 Å². The Balaban J connectivity index is 1.62. The highest BCUT2D eigenvalue weighted by atomic mass is 35.5. The fourth-order valence-corrected chi connectivity index (χ4v) is 5.41. The maximum atomic E-state index is 13.7. The fourth-order valence-electron chi connectivity index (χ4n) is 5.23. The Hall–Kier alpha value is -3.45. The van der Waals surface area contributed by atoms with Gasteiger partial charge in [0.05, 0.1) is 27.3 Å². The van der Waals surface area contributed by atoms with E-state index in [-0.39, 0.29) is 28.0 Å². The van der Waals surface area contributed by atoms with Gasteiger partial charge in [0.2, 0.25) is 0 Å². The van der Waals surface area contributed by atoms with E-state index in [4.69, 9.17) is 22.3 Å². The lowest BCUT2D eigenvalue weighted by atomic mass is 9.80. The number of rotatable bonds is 3. The summed E-state index contributed by atoms with van der Waals surface area (Å²) in [5.74, 6) is -1.16. The van der Waals surface area contributed by atoms with Crippen molar-refractivity contribution in [1.29, 1.82) is 0 Å². The number of piperidine rings is 1. The van der Waals surface area contributed by atoms with Crippen molar-refractivity contribution >= 4 is 45.4 Å². The molecule has 36 heavy (non-hydrogen) atoms. The van der Waals surface area contributed by atoms with Gasteiger partial charge in [-0.25, -0.2) is 9.37 Å². The van der Waals surface area contributed by atoms with E-state index in [0.717, 1.165) is 31.2 Å². The molecule has 1 fully saturated rings. The zero-order valence-corrected chi connectivity index (χ0v) is 21.2. The van der Waals surface area contributed by atoms with Gasteiger partial charge < -0.3 is 15.6 Å². The lowest BCUT2D eigenvalue weighted by molar-refractivity contribution is 0.0397. The molecule has 0 saturated carbocycles. The largest absolute Gasteiger partial charge is 0.366 e. The molecule has 0 aliphatic carbocycles. The molecule has 4 aromatic rings. The van der Waals surface area contributed by atoms with Crippen molar-refractivity contribution in [3.8, 4) is 11.3 Å². The SMILES string of the molecule is CC(C)(C)C1CCCCN1C(=O)c1ccc2c(c1)[nH]c1c(C(N)=O)cc(-c3ccc(F)c(Cl)c3)nc12. The number of fused-ring (bicyclic) bond motifs is 3. The third-order valence-corrected chi connectivity index (χ3v) is 7.33. The van der Waals surface area contributed by atoms with Crippen LogP contribution in [0.5, 0.6) is 0 Å². The molecule has 8 heteroatoms. The standard InChI is InChI=1S/C28H28ClFN4O2/c1-28(2,3)23-6-4-5-11-34(23)27(36)16-7-9-17-22(13-16)33-25-18(26(31)35)14-21(32-24(17)25)15-8-10-20(30)19(29)12-15/h7-10,12-14,23,33H,4-6,11H2,1-3H3,(H2,31,35). The maximum Gasteiger partial charge on any atom is 0.254 e. The highest BCUT2D eigenvalue weighted by Crippen LogP contribution is 2.35. The zero-order valence-electron chi connectivity index (χ0n) is 20.5. The molecule has 3 N–H and O–H groups in total. The quantitative estimate of drug-likeness (QED) is 0.341. The van der Waals surface area contributed by atoms with Crippen molar-refractivity contribution in [3.05, 3.63) is 64.4 Å². The van der Waals surface area contributed by atoms with Crippen LogP contribution in [0, 0.1) is 11.2 Å². The van der Waals surface area contributed by atoms with E-state index in [1.807, 2.05) is 17.0 Å². The van der Waals surface area contributed by atoms with Crippen LogP contribution in [0.25, 0.3) is 33.2 Å². The molecule has 5 rings (SSSR count). The fraction of sp³-hybridized carbons (Fsp3) is 0.321. The summed E-state index contributed by atoms with van der Waals surface area (Å²) in [5, 5.41) is 0.716. The van der Waals surface area contributed by atoms with Crippen LogP contribution in [0.1, 0.15) is 60.7 Å². The minimum atomic E-state index is -0.624. The second-order valence-corrected chi connectivity index (χ2v) is 10.9. The van der Waals surface area contributed by atoms with E-state index in [1.54, 1.807) is 18.2 Å². The highest BCUT2D eigenvalue weighted by molar-refractivity contribution is 6.31. The van der Waals surface area contributed by atoms with Gasteiger partial charge in [0.1, 0.15) is 5.82 Å². The molecule has 1 unspecified atom stereocenters. The summed E-state index contributed by atoms with van der Waals surface area (Å²) >= 11 is 5.97. The van der Waals surface area contributed by atoms with Crippen molar-refractivity contribution in [2.75, 3.05) is 6.54 Å². The van der Waals surface area contributed by atoms with E-state index in [1.165, 1.54) is 12.1 Å². The smallest absolute Gasteiger partial charge is 0.254 e. The van der Waals surface area contributed by atoms with Crippen LogP contribution in [0.2, 0.25) is 5.02 Å². The number of H-pyrrole nitrogens is 1. The summed E-state index contributed by atoms with van der Waals surface area (Å²) in [4.78, 5) is 35.9. The van der Waals surface area contributed by atoms with Crippen molar-refractivity contribution < 1.29 is 14.0 Å². The molecule has 186 valence electrons. The number of pyridine rings is 1. The lowest BCUT2D eigenvalue weighted by Crippen LogP contribution is -2.50. The molecule has 0 spiro atoms. The third kappa shape index (κ3) is 4.22. The van der Waals surface area contributed by atoms with Crippen LogP contribution in [0.15, 0.2) is 42.5 Å². The Morgan fingerprint density at radius 3 is 2.61 bits per heavy atom. The van der Waals surface area contributed by atoms with Gasteiger partial charge in [0.15, 0.2) is 0 Å². The second kappa shape index (κ2) is 8.89. The number of carbonyl (C=O) groups is 2. The van der Waals surface area contributed by atoms with Gasteiger partial charge in [-0.15, -0.1) is 0 Å². The van der Waals surface area contributed by atoms with E-state index in [0.29, 0.717) is 33.4 Å². The Kier molecular flexibility index (Phi) is 5.99. The number of carbonyl (C=O) groups excluding carboxylic acids is 2. The van der Waals surface area contributed by atoms with Crippen LogP contribution in [0.4, 0.5) is 4.39 Å². The average molecular weight is 507 g/mol. The molecule has 3 heterocycles. The van der Waals surface area contributed by atoms with Crippen LogP contribution >= 0.6 is 11.6 Å². The Morgan fingerprint density at radius 2 is 1.92 bits per heavy atom. The number of likely N-dealkylation sites (tertiary alicyclic amines) is 1. The predicted molar refractivity (Wildman–Crippen MR) is 141 cm³/mol. The lowest BCUT2D eigenvalue weighted by Gasteiger charge is -2.43. The molecule has 0 radical (unpaired) electrons. The topological polar surface area (TPSA) is 92.1 Å². The summed E-state index contributed by atoms with van der Waals surface area (Å²) < 4.78 is 13.7. The Morgan fingerprint density at radius 1 is 1.14 bits per heavy atom. The second-order valence-electron chi connectivity index (χ2n) is 10.5. The first-order valence-corrected chi connectivity index (χ1v) is 12.4. The summed E-state index contributed by atoms with van der Waals surface area (Å²) in [6, 6.07) is 11.5. The van der Waals surface area contributed by atoms with Gasteiger partial charge in [0, 0.05) is 34.6 Å². The molecule has 2 amide bonds. The number of primary amides is 1. The number of hydrogen-bond acceptors (Lipinski definition) is 3. The van der Waals surface area contributed by atoms with Gasteiger partial charge in [-0.05, 0) is 67.1 Å². The van der Waals surface area contributed by atoms with Crippen LogP contribution in [-0.4, -0.2) is 39.3 Å². The molecule has 2 aromatic carbocycles. The Bertz CT molecular complexity index is 1520. The summed E-state index contributed by atoms with van der Waals surface area (Å²) in [6.07, 6.45) is 3.11. The molecule has 1 aliphatic rings. The summed E-state index contributed by atoms with van der Waals surface area (Å²) in [6.45, 7) is 7.26. The number of nitrogens with one attached hydrogen (secondary N) is 1. The average Bonchev–Trinajstić information content (AvgIpc) is 3.21. The number of hydrogen-bond donors (Lipinski definition) is 2. The van der Waals surface area contributed by atoms with Crippen molar-refractivity contribution in [2.45, 2.75) is 46.1 Å². The molecule has 2 aromatic heterocycles. The third-order valence-electron chi connectivity index (χ3n) is 7.04. The van der Waals surface area contributed by atoms with E-state index < -0.39 is 11.7 Å². The molecular weight excluding hydrogens is 479 g/mol. The number of benzene rings is 2. The predicted octanol–water partition coefficient (Wildman–Crippen LogP) is 6.32. The van der Waals surface area contributed by atoms with Gasteiger partial charge in [-0.2, -0.15) is 0 Å². The molecule has 1 atom stereocenters. The van der Waals surface area contributed by atoms with E-state index in [9.17, 15) is 14.0 Å². The van der Waals surface area contributed by atoms with Gasteiger partial charge >= 0.3 is 0 Å². The van der Waals surface area contributed by atoms with Gasteiger partial charge in [-0.1, -0.05) is 32.4 Å². The number of aromatic nitrogens is 2. The number of amides is 2. The summed E-state index contributed by atoms with van der Waals surface area (Å²) in [7, 11) is 0. The zero-order chi connectivity index (χ0) is 25.8. The van der Waals surface area contributed by atoms with Crippen molar-refractivity contribution in [3.63, 3.8) is 0 Å². The van der Waals surface area contributed by atoms with E-state index >= 15 is 0 Å². The molecule has 0 bridgehead atoms. The van der Waals surface area contributed by atoms with E-state index in [2.05, 4.69) is 25.8 Å². The van der Waals surface area contributed by atoms with Gasteiger partial charge in [-0.3, -0.25) is 9.59 Å². The molecule has 6 nitrogen and oxygen atoms in total. The molecular formula is C28H28ClFN4O2. The first-order valence-electron chi connectivity index (χ1n) is 12.1. The first kappa shape index (κ1) is 24.3. The molecule has 1 aliphatic heterocycles. The highest BCUT2D eigenvalue weighted by Gasteiger charge is 2.35. The Labute approximate surface area is 213 Å². The maximum absolute atomic E-state index is 13.7. The van der Waals surface area contributed by atoms with Crippen LogP contribution in [0.3, 0.4) is 0 Å². The normalized spacial score (nSPS) is 16.6. The number of nitrogens with two attached hydrogens (primary N) is 1. The van der Waals surface area contributed by atoms with Crippen LogP contribution in [-0.2, 0) is 0 Å². The monoisotopic (exact) mass is 506 g/mol. The van der Waals surface area contributed by atoms with Gasteiger partial charge in [0.25, 0.3) is 11.8 Å². The summed E-state index contributed by atoms with van der Waals surface area (Å²) in [5.41, 5.74) is 9.24. The minimum Gasteiger partial charge on any atom is -0.366 e. The molecule has 1 saturated heterocycles. The minimum absolute atomic E-state index is 0.0000851. The van der Waals surface area contributed by atoms with Crippen LogP contribution < -0.4 is 5.73 Å². The number of halogens is 2. The number of aromatic amines is 1. The number of nitrogens with zero attached hydrogens (tertiary/aromatic N) is 2. The first-order chi connectivity index (χ1) is 17.0.